The van der Waals surface area contributed by atoms with Gasteiger partial charge in [-0.15, -0.1) is 0 Å². The van der Waals surface area contributed by atoms with E-state index in [0.29, 0.717) is 79.0 Å². The van der Waals surface area contributed by atoms with Crippen LogP contribution < -0.4 is 10.6 Å². The molecule has 2 amide bonds. The fourth-order valence-corrected chi connectivity index (χ4v) is 4.60. The van der Waals surface area contributed by atoms with Gasteiger partial charge in [-0.3, -0.25) is 19.4 Å². The highest BCUT2D eigenvalue weighted by molar-refractivity contribution is 5.95. The van der Waals surface area contributed by atoms with Crippen molar-refractivity contribution < 1.29 is 28.5 Å². The predicted octanol–water partition coefficient (Wildman–Crippen LogP) is 4.37. The van der Waals surface area contributed by atoms with E-state index < -0.39 is 0 Å². The maximum atomic E-state index is 13.0. The van der Waals surface area contributed by atoms with Crippen molar-refractivity contribution in [2.75, 3.05) is 89.7 Å². The number of carbonyl (C=O) groups excluding carboxylic acids is 2. The summed E-state index contributed by atoms with van der Waals surface area (Å²) in [6.07, 6.45) is 0. The summed E-state index contributed by atoms with van der Waals surface area (Å²) in [5.74, 6) is -0.131. The topological polar surface area (TPSA) is 102 Å². The molecule has 0 aliphatic carbocycles. The van der Waals surface area contributed by atoms with E-state index in [1.807, 2.05) is 90.1 Å². The third kappa shape index (κ3) is 13.4. The number of benzene rings is 2. The van der Waals surface area contributed by atoms with E-state index in [9.17, 15) is 9.59 Å². The summed E-state index contributed by atoms with van der Waals surface area (Å²) in [5.41, 5.74) is 3.68. The lowest BCUT2D eigenvalue weighted by Gasteiger charge is -2.29. The number of anilines is 2. The van der Waals surface area contributed by atoms with E-state index in [4.69, 9.17) is 18.9 Å². The molecule has 1 aliphatic heterocycles. The number of amides is 2. The molecule has 0 saturated carbocycles. The highest BCUT2D eigenvalue weighted by Crippen LogP contribution is 2.15. The highest BCUT2D eigenvalue weighted by atomic mass is 16.5. The first kappa shape index (κ1) is 37.3. The summed E-state index contributed by atoms with van der Waals surface area (Å²) >= 11 is 0. The minimum absolute atomic E-state index is 0.0653. The molecule has 3 rings (SSSR count). The van der Waals surface area contributed by atoms with Crippen molar-refractivity contribution >= 4 is 23.2 Å². The Morgan fingerprint density at radius 2 is 0.864 bits per heavy atom. The molecule has 44 heavy (non-hydrogen) atoms. The molecule has 0 radical (unpaired) electrons. The molecule has 2 atom stereocenters. The molecule has 10 heteroatoms. The van der Waals surface area contributed by atoms with Gasteiger partial charge in [-0.05, 0) is 51.0 Å². The summed E-state index contributed by atoms with van der Waals surface area (Å²) < 4.78 is 23.3. The van der Waals surface area contributed by atoms with E-state index in [1.165, 1.54) is 0 Å². The van der Waals surface area contributed by atoms with Crippen LogP contribution in [0.4, 0.5) is 11.4 Å². The number of hydrogen-bond acceptors (Lipinski definition) is 8. The van der Waals surface area contributed by atoms with E-state index >= 15 is 0 Å². The van der Waals surface area contributed by atoms with Crippen LogP contribution in [0, 0.1) is 13.8 Å². The van der Waals surface area contributed by atoms with E-state index in [-0.39, 0.29) is 23.9 Å². The maximum Gasteiger partial charge on any atom is 0.241 e. The molecule has 2 aromatic carbocycles. The van der Waals surface area contributed by atoms with Crippen LogP contribution in [0.5, 0.6) is 0 Å². The molecule has 2 aromatic rings. The average Bonchev–Trinajstić information content (AvgIpc) is 3.03. The molecule has 2 unspecified atom stereocenters. The van der Waals surface area contributed by atoms with Crippen molar-refractivity contribution in [1.82, 2.24) is 9.80 Å². The van der Waals surface area contributed by atoms with Crippen molar-refractivity contribution in [3.05, 3.63) is 59.7 Å². The maximum absolute atomic E-state index is 13.0. The van der Waals surface area contributed by atoms with Gasteiger partial charge in [0.15, 0.2) is 0 Å². The number of rotatable bonds is 6. The Morgan fingerprint density at radius 1 is 0.568 bits per heavy atom. The molecular formula is C34H54N4O6. The van der Waals surface area contributed by atoms with Crippen LogP contribution in [0.1, 0.15) is 38.8 Å². The lowest BCUT2D eigenvalue weighted by atomic mass is 10.2. The van der Waals surface area contributed by atoms with Crippen molar-refractivity contribution in [3.8, 4) is 0 Å². The first-order valence-corrected chi connectivity index (χ1v) is 15.9. The molecule has 10 nitrogen and oxygen atoms in total. The quantitative estimate of drug-likeness (QED) is 0.495. The molecule has 0 aromatic heterocycles. The molecule has 1 heterocycles. The van der Waals surface area contributed by atoms with Crippen molar-refractivity contribution in [2.45, 2.75) is 53.6 Å². The molecule has 1 aliphatic rings. The number of hydrogen-bond donors (Lipinski definition) is 2. The zero-order valence-corrected chi connectivity index (χ0v) is 27.6. The van der Waals surface area contributed by atoms with Crippen molar-refractivity contribution in [2.24, 2.45) is 0 Å². The fourth-order valence-electron chi connectivity index (χ4n) is 4.60. The van der Waals surface area contributed by atoms with Gasteiger partial charge in [0.05, 0.1) is 64.9 Å². The Hall–Kier alpha value is -2.86. The number of nitrogens with zero attached hydrogens (tertiary/aromatic N) is 2. The average molecular weight is 615 g/mol. The Kier molecular flexibility index (Phi) is 18.5. The van der Waals surface area contributed by atoms with Gasteiger partial charge in [0.2, 0.25) is 11.8 Å². The molecular weight excluding hydrogens is 560 g/mol. The van der Waals surface area contributed by atoms with Crippen LogP contribution in [0.15, 0.2) is 48.5 Å². The Bertz CT molecular complexity index is 995. The van der Waals surface area contributed by atoms with Crippen LogP contribution in [0.25, 0.3) is 0 Å². The largest absolute Gasteiger partial charge is 0.378 e. The minimum atomic E-state index is -0.356. The Balaban J connectivity index is 0.00000330. The zero-order chi connectivity index (χ0) is 32.2. The normalized spacial score (nSPS) is 18.4. The molecule has 1 saturated heterocycles. The van der Waals surface area contributed by atoms with Gasteiger partial charge >= 0.3 is 0 Å². The molecule has 246 valence electrons. The van der Waals surface area contributed by atoms with Crippen LogP contribution in [-0.2, 0) is 28.5 Å². The smallest absolute Gasteiger partial charge is 0.241 e. The first-order valence-electron chi connectivity index (χ1n) is 15.9. The predicted molar refractivity (Wildman–Crippen MR) is 176 cm³/mol. The van der Waals surface area contributed by atoms with Crippen LogP contribution in [0.3, 0.4) is 0 Å². The third-order valence-electron chi connectivity index (χ3n) is 7.50. The van der Waals surface area contributed by atoms with Gasteiger partial charge in [0.25, 0.3) is 0 Å². The third-order valence-corrected chi connectivity index (χ3v) is 7.50. The number of aryl methyl sites for hydroxylation is 2. The number of ether oxygens (including phenoxy) is 4. The van der Waals surface area contributed by atoms with Gasteiger partial charge < -0.3 is 29.6 Å². The van der Waals surface area contributed by atoms with E-state index in [0.717, 1.165) is 22.5 Å². The summed E-state index contributed by atoms with van der Waals surface area (Å²) in [5, 5.41) is 6.08. The Morgan fingerprint density at radius 3 is 1.16 bits per heavy atom. The van der Waals surface area contributed by atoms with E-state index in [1.54, 1.807) is 0 Å². The van der Waals surface area contributed by atoms with Gasteiger partial charge in [-0.25, -0.2) is 0 Å². The van der Waals surface area contributed by atoms with Gasteiger partial charge in [-0.1, -0.05) is 50.2 Å². The second-order valence-corrected chi connectivity index (χ2v) is 10.5. The minimum Gasteiger partial charge on any atom is -0.378 e. The van der Waals surface area contributed by atoms with Crippen LogP contribution >= 0.6 is 0 Å². The SMILES string of the molecule is CC.Cc1ccccc1NC(=O)C(C)N1CCOCCOCCN(C(C)C(=O)Nc2ccccc2C)CCOCCOCC1. The van der Waals surface area contributed by atoms with Gasteiger partial charge in [0.1, 0.15) is 0 Å². The van der Waals surface area contributed by atoms with E-state index in [2.05, 4.69) is 20.4 Å². The van der Waals surface area contributed by atoms with Crippen molar-refractivity contribution in [3.63, 3.8) is 0 Å². The first-order chi connectivity index (χ1) is 21.4. The van der Waals surface area contributed by atoms with Crippen LogP contribution in [-0.4, -0.2) is 113 Å². The van der Waals surface area contributed by atoms with Crippen molar-refractivity contribution in [1.29, 1.82) is 0 Å². The monoisotopic (exact) mass is 614 g/mol. The van der Waals surface area contributed by atoms with Gasteiger partial charge in [-0.2, -0.15) is 0 Å². The molecule has 2 N–H and O–H groups in total. The summed E-state index contributed by atoms with van der Waals surface area (Å²) in [6, 6.07) is 14.8. The summed E-state index contributed by atoms with van der Waals surface area (Å²) in [4.78, 5) is 30.2. The van der Waals surface area contributed by atoms with Gasteiger partial charge in [0, 0.05) is 37.6 Å². The highest BCUT2D eigenvalue weighted by Gasteiger charge is 2.23. The molecule has 0 spiro atoms. The fraction of sp³-hybridized carbons (Fsp3) is 0.588. The number of carbonyl (C=O) groups is 2. The molecule has 1 fully saturated rings. The lowest BCUT2D eigenvalue weighted by molar-refractivity contribution is -0.122. The zero-order valence-electron chi connectivity index (χ0n) is 27.6. The number of nitrogens with one attached hydrogen (secondary N) is 2. The summed E-state index contributed by atoms with van der Waals surface area (Å²) in [7, 11) is 0. The number of para-hydroxylation sites is 2. The summed E-state index contributed by atoms with van der Waals surface area (Å²) in [6.45, 7) is 17.8. The standard InChI is InChI=1S/C32H48N4O6.C2H6/c1-25-9-5-7-11-29(25)33-31(37)27(3)35-13-17-39-21-23-41-19-15-36(16-20-42-24-22-40-18-14-35)28(4)32(38)34-30-12-8-6-10-26(30)2;1-2/h5-12,27-28H,13-24H2,1-4H3,(H,33,37)(H,34,38);1-2H3. The lowest BCUT2D eigenvalue weighted by Crippen LogP contribution is -2.45. The second-order valence-electron chi connectivity index (χ2n) is 10.5. The Labute approximate surface area is 264 Å². The van der Waals surface area contributed by atoms with Crippen LogP contribution in [0.2, 0.25) is 0 Å². The molecule has 0 bridgehead atoms. The second kappa shape index (κ2) is 21.8.